The van der Waals surface area contributed by atoms with Crippen LogP contribution in [0.5, 0.6) is 23.0 Å². The summed E-state index contributed by atoms with van der Waals surface area (Å²) in [5, 5.41) is 5.84. The van der Waals surface area contributed by atoms with Crippen molar-refractivity contribution in [3.63, 3.8) is 0 Å². The zero-order valence-electron chi connectivity index (χ0n) is 20.3. The van der Waals surface area contributed by atoms with Gasteiger partial charge in [0.1, 0.15) is 11.5 Å². The molecule has 0 aliphatic heterocycles. The van der Waals surface area contributed by atoms with E-state index in [4.69, 9.17) is 14.2 Å². The van der Waals surface area contributed by atoms with Gasteiger partial charge >= 0.3 is 0 Å². The number of benzene rings is 4. The number of hydrogen-bond donors (Lipinski definition) is 1. The number of aromatic nitrogens is 1. The summed E-state index contributed by atoms with van der Waals surface area (Å²) in [7, 11) is 3.19. The summed E-state index contributed by atoms with van der Waals surface area (Å²) >= 11 is 0. The molecule has 0 aliphatic carbocycles. The van der Waals surface area contributed by atoms with Gasteiger partial charge in [0.05, 0.1) is 25.7 Å². The molecule has 0 saturated carbocycles. The summed E-state index contributed by atoms with van der Waals surface area (Å²) in [6.45, 7) is 1.90. The van der Waals surface area contributed by atoms with E-state index >= 15 is 0 Å². The molecular weight excluding hydrogens is 452 g/mol. The van der Waals surface area contributed by atoms with Crippen molar-refractivity contribution in [2.45, 2.75) is 12.8 Å². The molecule has 6 nitrogen and oxygen atoms in total. The summed E-state index contributed by atoms with van der Waals surface area (Å²) in [5.74, 6) is 2.23. The Morgan fingerprint density at radius 2 is 1.56 bits per heavy atom. The van der Waals surface area contributed by atoms with Crippen molar-refractivity contribution >= 4 is 33.3 Å². The number of hydrogen-bond acceptors (Lipinski definition) is 5. The lowest BCUT2D eigenvalue weighted by molar-refractivity contribution is -0.117. The number of rotatable bonds is 7. The van der Waals surface area contributed by atoms with Crippen LogP contribution in [0.4, 0.5) is 5.69 Å². The van der Waals surface area contributed by atoms with Gasteiger partial charge in [-0.3, -0.25) is 9.78 Å². The van der Waals surface area contributed by atoms with Crippen LogP contribution in [0.3, 0.4) is 0 Å². The second-order valence-electron chi connectivity index (χ2n) is 8.48. The standard InChI is InChI=1S/C30H26N2O4/c1-19(20-7-5-4-6-8-20)30(33)32-23-11-9-21-10-12-24(16-22(21)15-23)36-27-13-14-31-26-18-29(35-3)28(34-2)17-25(26)27/h4-19H,1-3H3,(H,32,33)/t19-/m0/s1. The summed E-state index contributed by atoms with van der Waals surface area (Å²) in [4.78, 5) is 17.3. The molecule has 1 heterocycles. The Morgan fingerprint density at radius 3 is 2.33 bits per heavy atom. The minimum absolute atomic E-state index is 0.0550. The molecule has 1 aromatic heterocycles. The third-order valence-corrected chi connectivity index (χ3v) is 6.21. The monoisotopic (exact) mass is 478 g/mol. The Labute approximate surface area is 209 Å². The first-order valence-corrected chi connectivity index (χ1v) is 11.6. The topological polar surface area (TPSA) is 69.7 Å². The molecule has 1 amide bonds. The number of amides is 1. The Hall–Kier alpha value is -4.58. The molecule has 0 spiro atoms. The van der Waals surface area contributed by atoms with Gasteiger partial charge in [-0.2, -0.15) is 0 Å². The van der Waals surface area contributed by atoms with Crippen LogP contribution in [0.1, 0.15) is 18.4 Å². The van der Waals surface area contributed by atoms with E-state index in [1.165, 1.54) is 0 Å². The Morgan fingerprint density at radius 1 is 0.806 bits per heavy atom. The number of carbonyl (C=O) groups excluding carboxylic acids is 1. The molecule has 0 unspecified atom stereocenters. The van der Waals surface area contributed by atoms with Crippen LogP contribution < -0.4 is 19.5 Å². The van der Waals surface area contributed by atoms with Gasteiger partial charge in [0.2, 0.25) is 5.91 Å². The summed E-state index contributed by atoms with van der Waals surface area (Å²) in [5.41, 5.74) is 2.45. The van der Waals surface area contributed by atoms with Crippen LogP contribution in [-0.4, -0.2) is 25.1 Å². The average Bonchev–Trinajstić information content (AvgIpc) is 2.92. The summed E-state index contributed by atoms with van der Waals surface area (Å²) in [6.07, 6.45) is 1.70. The third kappa shape index (κ3) is 4.66. The van der Waals surface area contributed by atoms with Crippen molar-refractivity contribution in [1.29, 1.82) is 0 Å². The molecular formula is C30H26N2O4. The first-order valence-electron chi connectivity index (χ1n) is 11.6. The number of pyridine rings is 1. The van der Waals surface area contributed by atoms with Crippen LogP contribution in [0, 0.1) is 0 Å². The minimum atomic E-state index is -0.257. The number of ether oxygens (including phenoxy) is 3. The van der Waals surface area contributed by atoms with Crippen LogP contribution >= 0.6 is 0 Å². The molecule has 180 valence electrons. The van der Waals surface area contributed by atoms with Gasteiger partial charge in [0.15, 0.2) is 11.5 Å². The molecule has 1 N–H and O–H groups in total. The van der Waals surface area contributed by atoms with Gasteiger partial charge in [-0.25, -0.2) is 0 Å². The normalized spacial score (nSPS) is 11.8. The minimum Gasteiger partial charge on any atom is -0.493 e. The van der Waals surface area contributed by atoms with Crippen molar-refractivity contribution in [2.75, 3.05) is 19.5 Å². The predicted molar refractivity (Wildman–Crippen MR) is 142 cm³/mol. The largest absolute Gasteiger partial charge is 0.493 e. The van der Waals surface area contributed by atoms with E-state index in [1.54, 1.807) is 20.4 Å². The van der Waals surface area contributed by atoms with Crippen LogP contribution in [0.25, 0.3) is 21.7 Å². The van der Waals surface area contributed by atoms with Crippen LogP contribution in [0.15, 0.2) is 91.1 Å². The second kappa shape index (κ2) is 9.96. The van der Waals surface area contributed by atoms with Crippen molar-refractivity contribution in [2.24, 2.45) is 0 Å². The van der Waals surface area contributed by atoms with Crippen molar-refractivity contribution < 1.29 is 19.0 Å². The molecule has 1 atom stereocenters. The molecule has 0 radical (unpaired) electrons. The summed E-state index contributed by atoms with van der Waals surface area (Å²) in [6, 6.07) is 27.0. The zero-order valence-corrected chi connectivity index (χ0v) is 20.3. The number of carbonyl (C=O) groups is 1. The molecule has 4 aromatic carbocycles. The predicted octanol–water partition coefficient (Wildman–Crippen LogP) is 6.94. The second-order valence-corrected chi connectivity index (χ2v) is 8.48. The first-order chi connectivity index (χ1) is 17.6. The third-order valence-electron chi connectivity index (χ3n) is 6.21. The Bertz CT molecular complexity index is 1550. The van der Waals surface area contributed by atoms with Gasteiger partial charge in [-0.1, -0.05) is 42.5 Å². The van der Waals surface area contributed by atoms with E-state index < -0.39 is 0 Å². The zero-order chi connectivity index (χ0) is 25.1. The highest BCUT2D eigenvalue weighted by molar-refractivity contribution is 5.98. The lowest BCUT2D eigenvalue weighted by atomic mass is 10.0. The molecule has 0 saturated heterocycles. The molecule has 0 bridgehead atoms. The van der Waals surface area contributed by atoms with Crippen molar-refractivity contribution in [3.05, 3.63) is 96.7 Å². The van der Waals surface area contributed by atoms with Gasteiger partial charge in [0, 0.05) is 23.3 Å². The van der Waals surface area contributed by atoms with E-state index in [2.05, 4.69) is 10.3 Å². The lowest BCUT2D eigenvalue weighted by Gasteiger charge is -2.14. The van der Waals surface area contributed by atoms with Crippen molar-refractivity contribution in [3.8, 4) is 23.0 Å². The molecule has 0 aliphatic rings. The number of nitrogens with zero attached hydrogens (tertiary/aromatic N) is 1. The van der Waals surface area contributed by atoms with Gasteiger partial charge in [-0.15, -0.1) is 0 Å². The average molecular weight is 479 g/mol. The number of nitrogens with one attached hydrogen (secondary N) is 1. The van der Waals surface area contributed by atoms with Crippen molar-refractivity contribution in [1.82, 2.24) is 4.98 Å². The van der Waals surface area contributed by atoms with Gasteiger partial charge in [0.25, 0.3) is 0 Å². The maximum atomic E-state index is 12.8. The van der Waals surface area contributed by atoms with Crippen LogP contribution in [0.2, 0.25) is 0 Å². The van der Waals surface area contributed by atoms with E-state index in [-0.39, 0.29) is 11.8 Å². The first kappa shape index (κ1) is 23.2. The quantitative estimate of drug-likeness (QED) is 0.274. The Kier molecular flexibility index (Phi) is 6.41. The number of methoxy groups -OCH3 is 2. The summed E-state index contributed by atoms with van der Waals surface area (Å²) < 4.78 is 17.1. The van der Waals surface area contributed by atoms with Gasteiger partial charge < -0.3 is 19.5 Å². The molecule has 6 heteroatoms. The smallest absolute Gasteiger partial charge is 0.231 e. The van der Waals surface area contributed by atoms with E-state index in [0.29, 0.717) is 23.0 Å². The molecule has 5 aromatic rings. The lowest BCUT2D eigenvalue weighted by Crippen LogP contribution is -2.18. The highest BCUT2D eigenvalue weighted by Crippen LogP contribution is 2.37. The Balaban J connectivity index is 1.41. The fraction of sp³-hybridized carbons (Fsp3) is 0.133. The van der Waals surface area contributed by atoms with E-state index in [9.17, 15) is 4.79 Å². The molecule has 0 fully saturated rings. The number of anilines is 1. The fourth-order valence-electron chi connectivity index (χ4n) is 4.17. The van der Waals surface area contributed by atoms with Gasteiger partial charge in [-0.05, 0) is 59.7 Å². The van der Waals surface area contributed by atoms with E-state index in [0.717, 1.165) is 32.9 Å². The number of fused-ring (bicyclic) bond motifs is 2. The SMILES string of the molecule is COc1cc2nccc(Oc3ccc4ccc(NC(=O)[C@@H](C)c5ccccc5)cc4c3)c2cc1OC. The molecule has 36 heavy (non-hydrogen) atoms. The highest BCUT2D eigenvalue weighted by Gasteiger charge is 2.15. The maximum Gasteiger partial charge on any atom is 0.231 e. The maximum absolute atomic E-state index is 12.8. The van der Waals surface area contributed by atoms with Crippen LogP contribution in [-0.2, 0) is 4.79 Å². The highest BCUT2D eigenvalue weighted by atomic mass is 16.5. The molecule has 5 rings (SSSR count). The fourth-order valence-corrected chi connectivity index (χ4v) is 4.17. The van der Waals surface area contributed by atoms with E-state index in [1.807, 2.05) is 91.9 Å².